The normalized spacial score (nSPS) is 14.1. The van der Waals surface area contributed by atoms with Crippen molar-refractivity contribution in [2.75, 3.05) is 17.7 Å². The second-order valence-electron chi connectivity index (χ2n) is 5.18. The van der Waals surface area contributed by atoms with Crippen molar-refractivity contribution < 1.29 is 4.39 Å². The maximum Gasteiger partial charge on any atom is 0.146 e. The van der Waals surface area contributed by atoms with Crippen LogP contribution in [-0.4, -0.2) is 17.0 Å². The van der Waals surface area contributed by atoms with Gasteiger partial charge in [0.15, 0.2) is 0 Å². The number of nitrogens with zero attached hydrogens (tertiary/aromatic N) is 2. The third-order valence-corrected chi connectivity index (χ3v) is 3.76. The lowest BCUT2D eigenvalue weighted by atomic mass is 10.2. The third-order valence-electron chi connectivity index (χ3n) is 3.52. The molecule has 6 heteroatoms. The van der Waals surface area contributed by atoms with Gasteiger partial charge in [0.25, 0.3) is 0 Å². The van der Waals surface area contributed by atoms with E-state index in [1.807, 2.05) is 14.0 Å². The summed E-state index contributed by atoms with van der Waals surface area (Å²) in [5.41, 5.74) is 1.16. The zero-order valence-electron chi connectivity index (χ0n) is 11.9. The second kappa shape index (κ2) is 5.48. The van der Waals surface area contributed by atoms with Crippen LogP contribution in [0, 0.1) is 12.7 Å². The van der Waals surface area contributed by atoms with Gasteiger partial charge in [-0.15, -0.1) is 0 Å². The molecular formula is C15H16ClFN4. The predicted molar refractivity (Wildman–Crippen MR) is 83.0 cm³/mol. The maximum atomic E-state index is 13.9. The molecule has 0 saturated heterocycles. The van der Waals surface area contributed by atoms with Crippen LogP contribution >= 0.6 is 11.6 Å². The number of halogens is 2. The van der Waals surface area contributed by atoms with Crippen LogP contribution in [-0.2, 0) is 0 Å². The van der Waals surface area contributed by atoms with Crippen molar-refractivity contribution in [2.45, 2.75) is 25.7 Å². The first-order valence-corrected chi connectivity index (χ1v) is 7.24. The molecule has 21 heavy (non-hydrogen) atoms. The molecule has 1 saturated carbocycles. The van der Waals surface area contributed by atoms with E-state index in [2.05, 4.69) is 20.6 Å². The summed E-state index contributed by atoms with van der Waals surface area (Å²) in [6.07, 6.45) is 2.22. The van der Waals surface area contributed by atoms with Crippen LogP contribution in [0.2, 0.25) is 5.02 Å². The molecule has 0 aliphatic heterocycles. The van der Waals surface area contributed by atoms with Crippen molar-refractivity contribution in [1.82, 2.24) is 9.97 Å². The highest BCUT2D eigenvalue weighted by Crippen LogP contribution is 2.40. The van der Waals surface area contributed by atoms with Crippen molar-refractivity contribution in [3.63, 3.8) is 0 Å². The van der Waals surface area contributed by atoms with E-state index in [0.717, 1.165) is 30.0 Å². The Morgan fingerprint density at radius 2 is 1.95 bits per heavy atom. The highest BCUT2D eigenvalue weighted by atomic mass is 35.5. The molecule has 2 N–H and O–H groups in total. The summed E-state index contributed by atoms with van der Waals surface area (Å²) in [6.45, 7) is 1.90. The largest absolute Gasteiger partial charge is 0.373 e. The number of rotatable bonds is 4. The first-order valence-electron chi connectivity index (χ1n) is 6.87. The number of hydrogen-bond donors (Lipinski definition) is 2. The topological polar surface area (TPSA) is 49.8 Å². The van der Waals surface area contributed by atoms with Crippen molar-refractivity contribution in [1.29, 1.82) is 0 Å². The number of aromatic nitrogens is 2. The fourth-order valence-corrected chi connectivity index (χ4v) is 2.32. The molecule has 1 heterocycles. The molecule has 2 aromatic rings. The zero-order valence-corrected chi connectivity index (χ0v) is 12.6. The summed E-state index contributed by atoms with van der Waals surface area (Å²) in [5.74, 6) is 2.22. The average molecular weight is 307 g/mol. The zero-order chi connectivity index (χ0) is 15.0. The van der Waals surface area contributed by atoms with Gasteiger partial charge in [0.1, 0.15) is 23.3 Å². The Hall–Kier alpha value is -1.88. The van der Waals surface area contributed by atoms with E-state index in [-0.39, 0.29) is 5.82 Å². The highest BCUT2D eigenvalue weighted by molar-refractivity contribution is 6.30. The number of benzene rings is 1. The second-order valence-corrected chi connectivity index (χ2v) is 5.61. The van der Waals surface area contributed by atoms with Crippen molar-refractivity contribution >= 4 is 28.9 Å². The van der Waals surface area contributed by atoms with E-state index < -0.39 is 0 Å². The van der Waals surface area contributed by atoms with Crippen LogP contribution in [0.25, 0.3) is 0 Å². The van der Waals surface area contributed by atoms with Crippen LogP contribution < -0.4 is 10.6 Å². The van der Waals surface area contributed by atoms with Gasteiger partial charge in [0.2, 0.25) is 0 Å². The molecule has 1 aromatic carbocycles. The Morgan fingerprint density at radius 3 is 2.62 bits per heavy atom. The molecule has 0 spiro atoms. The number of anilines is 3. The molecule has 0 radical (unpaired) electrons. The SMILES string of the molecule is CNc1nc(C2CC2)nc(Nc2cc(Cl)ccc2F)c1C. The van der Waals surface area contributed by atoms with E-state index >= 15 is 0 Å². The van der Waals surface area contributed by atoms with Crippen molar-refractivity contribution in [2.24, 2.45) is 0 Å². The Kier molecular flexibility index (Phi) is 3.68. The predicted octanol–water partition coefficient (Wildman–Crippen LogP) is 4.24. The summed E-state index contributed by atoms with van der Waals surface area (Å²) in [4.78, 5) is 9.05. The smallest absolute Gasteiger partial charge is 0.146 e. The maximum absolute atomic E-state index is 13.9. The minimum atomic E-state index is -0.364. The minimum Gasteiger partial charge on any atom is -0.373 e. The van der Waals surface area contributed by atoms with Gasteiger partial charge in [-0.25, -0.2) is 14.4 Å². The monoisotopic (exact) mass is 306 g/mol. The number of nitrogens with one attached hydrogen (secondary N) is 2. The lowest BCUT2D eigenvalue weighted by Gasteiger charge is -2.14. The molecule has 0 amide bonds. The molecule has 4 nitrogen and oxygen atoms in total. The van der Waals surface area contributed by atoms with Crippen LogP contribution in [0.1, 0.15) is 30.1 Å². The van der Waals surface area contributed by atoms with E-state index in [1.54, 1.807) is 6.07 Å². The van der Waals surface area contributed by atoms with Crippen molar-refractivity contribution in [3.8, 4) is 0 Å². The standard InChI is InChI=1S/C15H16ClFN4/c1-8-13(18-2)20-15(9-3-4-9)21-14(8)19-12-7-10(16)5-6-11(12)17/h5-7,9H,3-4H2,1-2H3,(H2,18,19,20,21). The van der Waals surface area contributed by atoms with Crippen LogP contribution in [0.15, 0.2) is 18.2 Å². The molecule has 1 aliphatic carbocycles. The molecule has 1 aromatic heterocycles. The lowest BCUT2D eigenvalue weighted by Crippen LogP contribution is -2.07. The van der Waals surface area contributed by atoms with Gasteiger partial charge in [0, 0.05) is 23.6 Å². The van der Waals surface area contributed by atoms with Gasteiger partial charge in [-0.2, -0.15) is 0 Å². The van der Waals surface area contributed by atoms with E-state index in [4.69, 9.17) is 11.6 Å². The summed E-state index contributed by atoms with van der Waals surface area (Å²) >= 11 is 5.92. The van der Waals surface area contributed by atoms with Crippen LogP contribution in [0.3, 0.4) is 0 Å². The molecular weight excluding hydrogens is 291 g/mol. The Bertz CT molecular complexity index is 686. The Balaban J connectivity index is 2.00. The molecule has 1 fully saturated rings. The first kappa shape index (κ1) is 14.1. The van der Waals surface area contributed by atoms with Crippen molar-refractivity contribution in [3.05, 3.63) is 40.4 Å². The van der Waals surface area contributed by atoms with E-state index in [9.17, 15) is 4.39 Å². The van der Waals surface area contributed by atoms with Gasteiger partial charge in [-0.05, 0) is 38.0 Å². The molecule has 0 atom stereocenters. The average Bonchev–Trinajstić information content (AvgIpc) is 3.29. The molecule has 0 bridgehead atoms. The van der Waals surface area contributed by atoms with E-state index in [1.165, 1.54) is 12.1 Å². The van der Waals surface area contributed by atoms with Crippen LogP contribution in [0.4, 0.5) is 21.7 Å². The van der Waals surface area contributed by atoms with Gasteiger partial charge in [-0.1, -0.05) is 11.6 Å². The lowest BCUT2D eigenvalue weighted by molar-refractivity contribution is 0.631. The Morgan fingerprint density at radius 1 is 1.24 bits per heavy atom. The van der Waals surface area contributed by atoms with Crippen LogP contribution in [0.5, 0.6) is 0 Å². The molecule has 110 valence electrons. The third kappa shape index (κ3) is 2.93. The summed E-state index contributed by atoms with van der Waals surface area (Å²) in [6, 6.07) is 4.40. The first-order chi connectivity index (χ1) is 10.1. The fraction of sp³-hybridized carbons (Fsp3) is 0.333. The number of hydrogen-bond acceptors (Lipinski definition) is 4. The summed E-state index contributed by atoms with van der Waals surface area (Å²) in [7, 11) is 1.82. The quantitative estimate of drug-likeness (QED) is 0.887. The fourth-order valence-electron chi connectivity index (χ4n) is 2.14. The van der Waals surface area contributed by atoms with Gasteiger partial charge in [0.05, 0.1) is 5.69 Å². The minimum absolute atomic E-state index is 0.313. The summed E-state index contributed by atoms with van der Waals surface area (Å²) in [5, 5.41) is 6.56. The highest BCUT2D eigenvalue weighted by Gasteiger charge is 2.28. The van der Waals surface area contributed by atoms with Gasteiger partial charge >= 0.3 is 0 Å². The van der Waals surface area contributed by atoms with Gasteiger partial charge < -0.3 is 10.6 Å². The molecule has 1 aliphatic rings. The Labute approximate surface area is 127 Å². The van der Waals surface area contributed by atoms with E-state index in [0.29, 0.717) is 22.4 Å². The van der Waals surface area contributed by atoms with Gasteiger partial charge in [-0.3, -0.25) is 0 Å². The molecule has 3 rings (SSSR count). The molecule has 0 unspecified atom stereocenters. The summed E-state index contributed by atoms with van der Waals surface area (Å²) < 4.78 is 13.9.